The second-order valence-electron chi connectivity index (χ2n) is 10.8. The highest BCUT2D eigenvalue weighted by atomic mass is 35.5. The zero-order valence-electron chi connectivity index (χ0n) is 24.5. The zero-order chi connectivity index (χ0) is 31.6. The number of fused-ring (bicyclic) bond motifs is 1. The molecule has 2 heterocycles. The lowest BCUT2D eigenvalue weighted by atomic mass is 9.89. The van der Waals surface area contributed by atoms with Crippen LogP contribution in [-0.2, 0) is 39.1 Å². The molecule has 0 amide bonds. The van der Waals surface area contributed by atoms with Gasteiger partial charge in [-0.2, -0.15) is 0 Å². The van der Waals surface area contributed by atoms with Gasteiger partial charge in [0.1, 0.15) is 0 Å². The number of nitrogens with zero attached hydrogens (tertiary/aromatic N) is 2. The molecule has 4 aromatic rings. The number of aromatic amines is 1. The standard InChI is InChI=1S/C31H34Cl2N4O5S2/c1-3-43(39,40)28-7-5-23(32)14-21(28)13-20-16-26-30(35-19-36-31(26)38)25(27(20)18-37-11-9-34-10-12-37)17-22-15-24(33)6-8-29(22)44(41,42)4-2/h5-8,14-16,19,34H,3-4,9-13,17-18H2,1-2H3,(H,35,36,38). The van der Waals surface area contributed by atoms with Gasteiger partial charge in [-0.15, -0.1) is 0 Å². The molecule has 234 valence electrons. The lowest BCUT2D eigenvalue weighted by molar-refractivity contribution is 0.232. The average Bonchev–Trinajstić information content (AvgIpc) is 2.99. The van der Waals surface area contributed by atoms with Crippen LogP contribution in [0.5, 0.6) is 0 Å². The first-order chi connectivity index (χ1) is 20.9. The normalized spacial score (nSPS) is 14.7. The maximum absolute atomic E-state index is 13.2. The van der Waals surface area contributed by atoms with Gasteiger partial charge < -0.3 is 10.3 Å². The molecule has 2 N–H and O–H groups in total. The Morgan fingerprint density at radius 2 is 1.36 bits per heavy atom. The fraction of sp³-hybridized carbons (Fsp3) is 0.355. The molecule has 0 bridgehead atoms. The van der Waals surface area contributed by atoms with Gasteiger partial charge in [0.05, 0.1) is 38.5 Å². The summed E-state index contributed by atoms with van der Waals surface area (Å²) in [7, 11) is -7.19. The molecular formula is C31H34Cl2N4O5S2. The SMILES string of the molecule is CCS(=O)(=O)c1ccc(Cl)cc1Cc1cc2c(=O)[nH]cnc2c(Cc2cc(Cl)ccc2S(=O)(=O)CC)c1CN1CCNCC1. The number of sulfone groups is 2. The number of H-pyrrole nitrogens is 1. The van der Waals surface area contributed by atoms with E-state index in [4.69, 9.17) is 23.2 Å². The monoisotopic (exact) mass is 676 g/mol. The molecule has 44 heavy (non-hydrogen) atoms. The van der Waals surface area contributed by atoms with Crippen LogP contribution in [0.2, 0.25) is 10.0 Å². The van der Waals surface area contributed by atoms with Crippen molar-refractivity contribution in [2.75, 3.05) is 37.7 Å². The van der Waals surface area contributed by atoms with Gasteiger partial charge in [-0.3, -0.25) is 9.69 Å². The number of aromatic nitrogens is 2. The summed E-state index contributed by atoms with van der Waals surface area (Å²) in [4.78, 5) is 23.1. The van der Waals surface area contributed by atoms with Crippen molar-refractivity contribution >= 4 is 53.8 Å². The molecular weight excluding hydrogens is 643 g/mol. The third kappa shape index (κ3) is 6.88. The van der Waals surface area contributed by atoms with E-state index < -0.39 is 19.7 Å². The average molecular weight is 678 g/mol. The van der Waals surface area contributed by atoms with Crippen molar-refractivity contribution in [3.8, 4) is 0 Å². The van der Waals surface area contributed by atoms with E-state index in [1.807, 2.05) is 0 Å². The largest absolute Gasteiger partial charge is 0.314 e. The first-order valence-electron chi connectivity index (χ1n) is 14.4. The minimum atomic E-state index is -3.60. The Hall–Kier alpha value is -2.80. The van der Waals surface area contributed by atoms with Crippen molar-refractivity contribution in [1.82, 2.24) is 20.2 Å². The third-order valence-corrected chi connectivity index (χ3v) is 12.2. The fourth-order valence-electron chi connectivity index (χ4n) is 5.71. The molecule has 9 nitrogen and oxygen atoms in total. The topological polar surface area (TPSA) is 129 Å². The van der Waals surface area contributed by atoms with E-state index in [0.29, 0.717) is 44.2 Å². The number of hydrogen-bond donors (Lipinski definition) is 2. The molecule has 1 fully saturated rings. The molecule has 0 radical (unpaired) electrons. The van der Waals surface area contributed by atoms with Gasteiger partial charge in [-0.05, 0) is 76.7 Å². The smallest absolute Gasteiger partial charge is 0.258 e. The second kappa shape index (κ2) is 13.3. The van der Waals surface area contributed by atoms with Crippen molar-refractivity contribution in [3.05, 3.63) is 97.0 Å². The highest BCUT2D eigenvalue weighted by Gasteiger charge is 2.25. The highest BCUT2D eigenvalue weighted by molar-refractivity contribution is 7.91. The van der Waals surface area contributed by atoms with E-state index in [-0.39, 0.29) is 39.7 Å². The summed E-state index contributed by atoms with van der Waals surface area (Å²) in [6, 6.07) is 11.2. The van der Waals surface area contributed by atoms with Gasteiger partial charge in [0.25, 0.3) is 5.56 Å². The molecule has 1 aromatic heterocycles. The number of rotatable bonds is 10. The minimum absolute atomic E-state index is 0.0781. The number of hydrogen-bond acceptors (Lipinski definition) is 8. The number of halogens is 2. The van der Waals surface area contributed by atoms with Crippen LogP contribution < -0.4 is 10.9 Å². The first-order valence-corrected chi connectivity index (χ1v) is 18.5. The predicted molar refractivity (Wildman–Crippen MR) is 174 cm³/mol. The summed E-state index contributed by atoms with van der Waals surface area (Å²) in [5.41, 5.74) is 3.40. The summed E-state index contributed by atoms with van der Waals surface area (Å²) in [5.74, 6) is -0.164. The van der Waals surface area contributed by atoms with Gasteiger partial charge in [0, 0.05) is 49.2 Å². The fourth-order valence-corrected chi connectivity index (χ4v) is 8.33. The van der Waals surface area contributed by atoms with E-state index in [1.54, 1.807) is 44.2 Å². The van der Waals surface area contributed by atoms with E-state index in [9.17, 15) is 21.6 Å². The Labute approximate surface area is 267 Å². The first kappa shape index (κ1) is 32.6. The molecule has 1 aliphatic heterocycles. The Balaban J connectivity index is 1.79. The van der Waals surface area contributed by atoms with Crippen molar-refractivity contribution < 1.29 is 16.8 Å². The molecule has 0 aliphatic carbocycles. The summed E-state index contributed by atoms with van der Waals surface area (Å²) in [6.45, 7) is 6.83. The van der Waals surface area contributed by atoms with E-state index in [0.717, 1.165) is 37.3 Å². The highest BCUT2D eigenvalue weighted by Crippen LogP contribution is 2.33. The van der Waals surface area contributed by atoms with Crippen LogP contribution in [0.15, 0.2) is 63.4 Å². The third-order valence-electron chi connectivity index (χ3n) is 8.06. The Bertz CT molecular complexity index is 1990. The molecule has 1 aliphatic rings. The second-order valence-corrected chi connectivity index (χ2v) is 16.2. The quantitative estimate of drug-likeness (QED) is 0.253. The predicted octanol–water partition coefficient (Wildman–Crippen LogP) is 4.40. The molecule has 0 unspecified atom stereocenters. The lowest BCUT2D eigenvalue weighted by Gasteiger charge is -2.30. The van der Waals surface area contributed by atoms with Crippen LogP contribution in [0.3, 0.4) is 0 Å². The van der Waals surface area contributed by atoms with E-state index in [2.05, 4.69) is 20.2 Å². The molecule has 0 spiro atoms. The molecule has 13 heteroatoms. The maximum Gasteiger partial charge on any atom is 0.258 e. The molecule has 3 aromatic carbocycles. The Kier molecular flexibility index (Phi) is 9.84. The summed E-state index contributed by atoms with van der Waals surface area (Å²) >= 11 is 12.8. The van der Waals surface area contributed by atoms with Gasteiger partial charge in [0.15, 0.2) is 19.7 Å². The Morgan fingerprint density at radius 1 is 0.795 bits per heavy atom. The zero-order valence-corrected chi connectivity index (χ0v) is 27.6. The van der Waals surface area contributed by atoms with Gasteiger partial charge in [0.2, 0.25) is 0 Å². The van der Waals surface area contributed by atoms with E-state index >= 15 is 0 Å². The van der Waals surface area contributed by atoms with Crippen molar-refractivity contribution in [3.63, 3.8) is 0 Å². The van der Waals surface area contributed by atoms with Crippen LogP contribution in [0.1, 0.15) is 41.7 Å². The van der Waals surface area contributed by atoms with Crippen molar-refractivity contribution in [1.29, 1.82) is 0 Å². The van der Waals surface area contributed by atoms with Crippen LogP contribution >= 0.6 is 23.2 Å². The van der Waals surface area contributed by atoms with Crippen molar-refractivity contribution in [2.45, 2.75) is 43.0 Å². The molecule has 5 rings (SSSR count). The van der Waals surface area contributed by atoms with Gasteiger partial charge in [-0.1, -0.05) is 37.0 Å². The molecule has 1 saturated heterocycles. The van der Waals surface area contributed by atoms with E-state index in [1.165, 1.54) is 18.5 Å². The van der Waals surface area contributed by atoms with Crippen LogP contribution in [0.25, 0.3) is 10.9 Å². The minimum Gasteiger partial charge on any atom is -0.314 e. The van der Waals surface area contributed by atoms with Crippen LogP contribution in [-0.4, -0.2) is 69.4 Å². The molecule has 0 atom stereocenters. The van der Waals surface area contributed by atoms with Crippen LogP contribution in [0, 0.1) is 0 Å². The summed E-state index contributed by atoms with van der Waals surface area (Å²) in [5, 5.41) is 4.47. The van der Waals surface area contributed by atoms with Gasteiger partial charge >= 0.3 is 0 Å². The van der Waals surface area contributed by atoms with Gasteiger partial charge in [-0.25, -0.2) is 21.8 Å². The van der Waals surface area contributed by atoms with Crippen LogP contribution in [0.4, 0.5) is 0 Å². The van der Waals surface area contributed by atoms with Crippen molar-refractivity contribution in [2.24, 2.45) is 0 Å². The summed E-state index contributed by atoms with van der Waals surface area (Å²) < 4.78 is 52.5. The molecule has 0 saturated carbocycles. The number of nitrogens with one attached hydrogen (secondary N) is 2. The maximum atomic E-state index is 13.2. The number of piperazine rings is 1. The lowest BCUT2D eigenvalue weighted by Crippen LogP contribution is -2.43. The Morgan fingerprint density at radius 3 is 1.93 bits per heavy atom. The number of benzene rings is 3. The summed E-state index contributed by atoms with van der Waals surface area (Å²) in [6.07, 6.45) is 1.67.